The molecule has 1 fully saturated rings. The highest BCUT2D eigenvalue weighted by Crippen LogP contribution is 2.37. The number of piperidine rings is 1. The second-order valence-electron chi connectivity index (χ2n) is 11.5. The maximum absolute atomic E-state index is 13.1. The number of likely N-dealkylation sites (tertiary alicyclic amines) is 1. The zero-order chi connectivity index (χ0) is 33.1. The summed E-state index contributed by atoms with van der Waals surface area (Å²) in [6.45, 7) is 15.9. The van der Waals surface area contributed by atoms with Crippen molar-refractivity contribution >= 4 is 40.6 Å². The molecule has 1 saturated heterocycles. The van der Waals surface area contributed by atoms with Gasteiger partial charge in [-0.1, -0.05) is 72.6 Å². The van der Waals surface area contributed by atoms with Crippen LogP contribution in [0.1, 0.15) is 102 Å². The van der Waals surface area contributed by atoms with E-state index in [1.807, 2.05) is 42.3 Å². The fourth-order valence-electron chi connectivity index (χ4n) is 5.31. The van der Waals surface area contributed by atoms with Crippen LogP contribution in [0.25, 0.3) is 16.8 Å². The van der Waals surface area contributed by atoms with E-state index in [0.29, 0.717) is 52.8 Å². The Morgan fingerprint density at radius 2 is 1.84 bits per heavy atom. The smallest absolute Gasteiger partial charge is 0.258 e. The molecule has 3 aromatic heterocycles. The molecule has 0 spiro atoms. The number of aryl methyl sites for hydroxylation is 1. The van der Waals surface area contributed by atoms with E-state index in [1.54, 1.807) is 36.7 Å². The molecule has 1 aromatic carbocycles. The third kappa shape index (κ3) is 8.81. The molecule has 0 bridgehead atoms. The molecule has 242 valence electrons. The average Bonchev–Trinajstić information content (AvgIpc) is 3.43. The number of pyridine rings is 1. The summed E-state index contributed by atoms with van der Waals surface area (Å²) in [7, 11) is 0. The van der Waals surface area contributed by atoms with Gasteiger partial charge in [0.2, 0.25) is 5.91 Å². The van der Waals surface area contributed by atoms with Gasteiger partial charge in [-0.3, -0.25) is 14.0 Å². The van der Waals surface area contributed by atoms with Gasteiger partial charge in [0.1, 0.15) is 28.7 Å². The van der Waals surface area contributed by atoms with Gasteiger partial charge in [-0.15, -0.1) is 0 Å². The van der Waals surface area contributed by atoms with Gasteiger partial charge in [0.05, 0.1) is 10.6 Å². The molecule has 45 heavy (non-hydrogen) atoms. The van der Waals surface area contributed by atoms with Crippen molar-refractivity contribution in [3.05, 3.63) is 70.9 Å². The fourth-order valence-corrected chi connectivity index (χ4v) is 5.56. The van der Waals surface area contributed by atoms with E-state index in [4.69, 9.17) is 22.3 Å². The van der Waals surface area contributed by atoms with Gasteiger partial charge in [0.15, 0.2) is 0 Å². The first kappa shape index (κ1) is 35.5. The van der Waals surface area contributed by atoms with Crippen molar-refractivity contribution in [3.63, 3.8) is 0 Å². The molecule has 1 aliphatic rings. The fraction of sp³-hybridized carbons (Fsp3) is 0.457. The molecule has 1 atom stereocenters. The number of anilines is 2. The van der Waals surface area contributed by atoms with Gasteiger partial charge < -0.3 is 16.0 Å². The molecule has 0 aliphatic carbocycles. The predicted octanol–water partition coefficient (Wildman–Crippen LogP) is 8.04. The van der Waals surface area contributed by atoms with Crippen LogP contribution in [-0.2, 0) is 11.2 Å². The summed E-state index contributed by atoms with van der Waals surface area (Å²) >= 11 is 6.72. The quantitative estimate of drug-likeness (QED) is 0.213. The standard InChI is InChI=1S/C29H32ClN7O2.C4H10.C2H6/c1-3-8-18-15-21(29(39)34-23-10-5-6-11-32-23)22(30)16-20(18)25-26-27(31)33-12-14-37(26)28(35-25)19-9-7-13-36(17-19)24(38)4-2;1-4(2)3;1-2/h5-6,10-12,14-16,19H,3-4,7-9,13,17H2,1-2H3,(H2,31,33)(H,32,34,39);4H,1-3H3;1-2H3/t19-;;/m1../s1. The molecule has 3 N–H and O–H groups in total. The number of carbonyl (C=O) groups is 2. The number of nitrogens with one attached hydrogen (secondary N) is 1. The number of nitrogens with zero attached hydrogens (tertiary/aromatic N) is 5. The first-order valence-corrected chi connectivity index (χ1v) is 16.5. The lowest BCUT2D eigenvalue weighted by Gasteiger charge is -2.32. The third-order valence-corrected chi connectivity index (χ3v) is 7.48. The summed E-state index contributed by atoms with van der Waals surface area (Å²) in [5, 5.41) is 3.12. The summed E-state index contributed by atoms with van der Waals surface area (Å²) in [5.74, 6) is 2.37. The first-order valence-electron chi connectivity index (χ1n) is 16.1. The van der Waals surface area contributed by atoms with Crippen LogP contribution in [0.4, 0.5) is 11.6 Å². The number of hydrogen-bond donors (Lipinski definition) is 2. The molecule has 1 aliphatic heterocycles. The van der Waals surface area contributed by atoms with E-state index in [2.05, 4.69) is 43.0 Å². The minimum absolute atomic E-state index is 0.0609. The number of benzene rings is 1. The normalized spacial score (nSPS) is 14.3. The lowest BCUT2D eigenvalue weighted by molar-refractivity contribution is -0.132. The molecule has 0 radical (unpaired) electrons. The van der Waals surface area contributed by atoms with Gasteiger partial charge in [-0.25, -0.2) is 15.0 Å². The zero-order valence-electron chi connectivity index (χ0n) is 27.7. The van der Waals surface area contributed by atoms with E-state index in [0.717, 1.165) is 48.7 Å². The summed E-state index contributed by atoms with van der Waals surface area (Å²) in [5.41, 5.74) is 9.92. The lowest BCUT2D eigenvalue weighted by Crippen LogP contribution is -2.39. The monoisotopic (exact) mass is 633 g/mol. The van der Waals surface area contributed by atoms with Crippen LogP contribution in [-0.4, -0.2) is 49.2 Å². The van der Waals surface area contributed by atoms with Crippen LogP contribution < -0.4 is 11.1 Å². The Kier molecular flexibility index (Phi) is 13.3. The van der Waals surface area contributed by atoms with Crippen molar-refractivity contribution in [1.29, 1.82) is 0 Å². The Morgan fingerprint density at radius 3 is 2.49 bits per heavy atom. The minimum Gasteiger partial charge on any atom is -0.382 e. The molecular formula is C35H48ClN7O2. The highest BCUT2D eigenvalue weighted by molar-refractivity contribution is 6.34. The molecule has 0 unspecified atom stereocenters. The van der Waals surface area contributed by atoms with E-state index in [-0.39, 0.29) is 17.7 Å². The number of halogens is 1. The zero-order valence-corrected chi connectivity index (χ0v) is 28.5. The van der Waals surface area contributed by atoms with Gasteiger partial charge >= 0.3 is 0 Å². The molecule has 5 rings (SSSR count). The van der Waals surface area contributed by atoms with E-state index >= 15 is 0 Å². The van der Waals surface area contributed by atoms with Crippen molar-refractivity contribution in [2.24, 2.45) is 5.92 Å². The van der Waals surface area contributed by atoms with Crippen LogP contribution in [0.2, 0.25) is 5.02 Å². The number of hydrogen-bond acceptors (Lipinski definition) is 6. The van der Waals surface area contributed by atoms with Gasteiger partial charge in [0.25, 0.3) is 5.91 Å². The minimum atomic E-state index is -0.331. The molecule has 4 aromatic rings. The number of nitrogens with two attached hydrogens (primary N) is 1. The number of fused-ring (bicyclic) bond motifs is 1. The van der Waals surface area contributed by atoms with Crippen molar-refractivity contribution in [1.82, 2.24) is 24.3 Å². The number of carbonyl (C=O) groups excluding carboxylic acids is 2. The van der Waals surface area contributed by atoms with Crippen LogP contribution >= 0.6 is 11.6 Å². The summed E-state index contributed by atoms with van der Waals surface area (Å²) < 4.78 is 1.99. The van der Waals surface area contributed by atoms with Crippen LogP contribution in [0, 0.1) is 5.92 Å². The Balaban J connectivity index is 0.000000853. The average molecular weight is 634 g/mol. The Bertz CT molecular complexity index is 1570. The van der Waals surface area contributed by atoms with E-state index < -0.39 is 0 Å². The number of aromatic nitrogens is 4. The number of nitrogen functional groups attached to an aromatic ring is 1. The number of amides is 2. The maximum atomic E-state index is 13.1. The van der Waals surface area contributed by atoms with Gasteiger partial charge in [-0.2, -0.15) is 0 Å². The summed E-state index contributed by atoms with van der Waals surface area (Å²) in [6, 6.07) is 8.94. The Labute approximate surface area is 272 Å². The van der Waals surface area contributed by atoms with Crippen molar-refractivity contribution in [3.8, 4) is 11.3 Å². The highest BCUT2D eigenvalue weighted by Gasteiger charge is 2.29. The highest BCUT2D eigenvalue weighted by atomic mass is 35.5. The van der Waals surface area contributed by atoms with Crippen LogP contribution in [0.3, 0.4) is 0 Å². The molecule has 4 heterocycles. The largest absolute Gasteiger partial charge is 0.382 e. The summed E-state index contributed by atoms with van der Waals surface area (Å²) in [4.78, 5) is 41.1. The topological polar surface area (TPSA) is 119 Å². The van der Waals surface area contributed by atoms with Gasteiger partial charge in [-0.05, 0) is 55.0 Å². The third-order valence-electron chi connectivity index (χ3n) is 7.17. The van der Waals surface area contributed by atoms with E-state index in [9.17, 15) is 9.59 Å². The van der Waals surface area contributed by atoms with Crippen molar-refractivity contribution in [2.75, 3.05) is 24.1 Å². The molecule has 10 heteroatoms. The van der Waals surface area contributed by atoms with Gasteiger partial charge in [0, 0.05) is 49.6 Å². The number of rotatable bonds is 7. The van der Waals surface area contributed by atoms with Crippen molar-refractivity contribution in [2.45, 2.75) is 86.5 Å². The first-order chi connectivity index (χ1) is 21.6. The molecule has 9 nitrogen and oxygen atoms in total. The summed E-state index contributed by atoms with van der Waals surface area (Å²) in [6.07, 6.45) is 9.04. The maximum Gasteiger partial charge on any atom is 0.258 e. The van der Waals surface area contributed by atoms with Crippen molar-refractivity contribution < 1.29 is 9.59 Å². The molecule has 2 amide bonds. The predicted molar refractivity (Wildman–Crippen MR) is 185 cm³/mol. The molecule has 0 saturated carbocycles. The van der Waals surface area contributed by atoms with E-state index in [1.165, 1.54) is 0 Å². The second kappa shape index (κ2) is 16.9. The van der Waals surface area contributed by atoms with Crippen LogP contribution in [0.5, 0.6) is 0 Å². The lowest BCUT2D eigenvalue weighted by atomic mass is 9.96. The second-order valence-corrected chi connectivity index (χ2v) is 11.9. The Morgan fingerprint density at radius 1 is 1.11 bits per heavy atom. The SMILES string of the molecule is CC.CC(C)C.CCCc1cc(C(=O)Nc2ccccn2)c(Cl)cc1-c1nc([C@@H]2CCCN(C(=O)CC)C2)n2ccnc(N)c12. The van der Waals surface area contributed by atoms with Crippen LogP contribution in [0.15, 0.2) is 48.9 Å². The number of imidazole rings is 1. The Hall–Kier alpha value is -3.98. The molecular weight excluding hydrogens is 586 g/mol.